The Balaban J connectivity index is 1.92. The van der Waals surface area contributed by atoms with Crippen molar-refractivity contribution in [3.05, 3.63) is 24.0 Å². The van der Waals surface area contributed by atoms with Gasteiger partial charge in [0.15, 0.2) is 5.75 Å². The topological polar surface area (TPSA) is 56.1 Å². The van der Waals surface area contributed by atoms with E-state index in [1.165, 1.54) is 12.8 Å². The monoisotopic (exact) mass is 287 g/mol. The molecule has 5 nitrogen and oxygen atoms in total. The Morgan fingerprint density at radius 2 is 2.14 bits per heavy atom. The van der Waals surface area contributed by atoms with Gasteiger partial charge < -0.3 is 14.6 Å². The zero-order valence-electron chi connectivity index (χ0n) is 12.8. The van der Waals surface area contributed by atoms with E-state index in [0.717, 1.165) is 29.8 Å². The van der Waals surface area contributed by atoms with Gasteiger partial charge in [-0.25, -0.2) is 9.78 Å². The summed E-state index contributed by atoms with van der Waals surface area (Å²) in [6.07, 6.45) is 2.89. The molecule has 0 aliphatic carbocycles. The van der Waals surface area contributed by atoms with Gasteiger partial charge in [0.05, 0.1) is 5.52 Å². The van der Waals surface area contributed by atoms with Gasteiger partial charge in [0.1, 0.15) is 11.3 Å². The number of hydrogen-bond acceptors (Lipinski definition) is 3. The van der Waals surface area contributed by atoms with Gasteiger partial charge in [-0.05, 0) is 45.7 Å². The Kier molecular flexibility index (Phi) is 3.35. The molecule has 3 rings (SSSR count). The van der Waals surface area contributed by atoms with Crippen molar-refractivity contribution in [2.45, 2.75) is 52.1 Å². The fourth-order valence-corrected chi connectivity index (χ4v) is 2.68. The van der Waals surface area contributed by atoms with Gasteiger partial charge >= 0.3 is 6.09 Å². The van der Waals surface area contributed by atoms with Crippen LogP contribution in [-0.2, 0) is 13.0 Å². The summed E-state index contributed by atoms with van der Waals surface area (Å²) in [5, 5.41) is 2.80. The highest BCUT2D eigenvalue weighted by Gasteiger charge is 2.20. The van der Waals surface area contributed by atoms with Gasteiger partial charge in [0.2, 0.25) is 0 Å². The number of aryl methyl sites for hydroxylation is 2. The maximum atomic E-state index is 11.9. The molecule has 5 heteroatoms. The summed E-state index contributed by atoms with van der Waals surface area (Å²) in [4.78, 5) is 16.6. The van der Waals surface area contributed by atoms with Crippen LogP contribution in [0.1, 0.15) is 39.4 Å². The van der Waals surface area contributed by atoms with Crippen LogP contribution in [-0.4, -0.2) is 21.2 Å². The van der Waals surface area contributed by atoms with E-state index in [4.69, 9.17) is 4.74 Å². The Hall–Kier alpha value is -2.04. The lowest BCUT2D eigenvalue weighted by Crippen LogP contribution is -2.42. The standard InChI is InChI=1S/C16H21N3O2/c1-16(2,3)18-15(20)21-12-8-6-7-11-14(12)17-13-9-4-5-10-19(11)13/h6-8H,4-5,9-10H2,1-3H3,(H,18,20). The summed E-state index contributed by atoms with van der Waals surface area (Å²) >= 11 is 0. The molecule has 0 radical (unpaired) electrons. The molecular formula is C16H21N3O2. The predicted octanol–water partition coefficient (Wildman–Crippen LogP) is 3.26. The number of carbonyl (C=O) groups is 1. The van der Waals surface area contributed by atoms with Gasteiger partial charge in [-0.1, -0.05) is 6.07 Å². The molecule has 1 N–H and O–H groups in total. The van der Waals surface area contributed by atoms with E-state index < -0.39 is 6.09 Å². The van der Waals surface area contributed by atoms with Gasteiger partial charge in [-0.15, -0.1) is 0 Å². The van der Waals surface area contributed by atoms with E-state index in [9.17, 15) is 4.79 Å². The number of fused-ring (bicyclic) bond motifs is 3. The molecule has 21 heavy (non-hydrogen) atoms. The molecule has 112 valence electrons. The number of carbonyl (C=O) groups excluding carboxylic acids is 1. The predicted molar refractivity (Wildman–Crippen MR) is 81.6 cm³/mol. The average Bonchev–Trinajstić information content (AvgIpc) is 2.76. The summed E-state index contributed by atoms with van der Waals surface area (Å²) in [5.41, 5.74) is 1.50. The minimum Gasteiger partial charge on any atom is -0.408 e. The van der Waals surface area contributed by atoms with Crippen molar-refractivity contribution in [3.8, 4) is 5.75 Å². The first-order chi connectivity index (χ1) is 9.94. The molecule has 0 spiro atoms. The third-order valence-electron chi connectivity index (χ3n) is 3.53. The molecule has 0 fully saturated rings. The number of hydrogen-bond donors (Lipinski definition) is 1. The van der Waals surface area contributed by atoms with Crippen LogP contribution in [0.5, 0.6) is 5.75 Å². The summed E-state index contributed by atoms with van der Waals surface area (Å²) in [6, 6.07) is 5.74. The summed E-state index contributed by atoms with van der Waals surface area (Å²) in [5.74, 6) is 1.61. The fraction of sp³-hybridized carbons (Fsp3) is 0.500. The normalized spacial score (nSPS) is 14.8. The summed E-state index contributed by atoms with van der Waals surface area (Å²) < 4.78 is 7.69. The third-order valence-corrected chi connectivity index (χ3v) is 3.53. The molecule has 1 aromatic heterocycles. The third kappa shape index (κ3) is 2.86. The minimum atomic E-state index is -0.444. The van der Waals surface area contributed by atoms with Crippen LogP contribution in [0.2, 0.25) is 0 Å². The number of imidazole rings is 1. The smallest absolute Gasteiger partial charge is 0.408 e. The van der Waals surface area contributed by atoms with Crippen LogP contribution in [0.25, 0.3) is 11.0 Å². The fourth-order valence-electron chi connectivity index (χ4n) is 2.68. The summed E-state index contributed by atoms with van der Waals surface area (Å²) in [6.45, 7) is 6.75. The van der Waals surface area contributed by atoms with Gasteiger partial charge in [0.25, 0.3) is 0 Å². The highest BCUT2D eigenvalue weighted by Crippen LogP contribution is 2.29. The van der Waals surface area contributed by atoms with Crippen molar-refractivity contribution < 1.29 is 9.53 Å². The zero-order chi connectivity index (χ0) is 15.0. The number of rotatable bonds is 1. The van der Waals surface area contributed by atoms with E-state index in [1.807, 2.05) is 32.9 Å². The van der Waals surface area contributed by atoms with Crippen molar-refractivity contribution in [2.75, 3.05) is 0 Å². The van der Waals surface area contributed by atoms with E-state index in [2.05, 4.69) is 14.9 Å². The summed E-state index contributed by atoms with van der Waals surface area (Å²) in [7, 11) is 0. The van der Waals surface area contributed by atoms with Crippen LogP contribution < -0.4 is 10.1 Å². The van der Waals surface area contributed by atoms with Crippen molar-refractivity contribution in [1.29, 1.82) is 0 Å². The van der Waals surface area contributed by atoms with Crippen LogP contribution in [0.15, 0.2) is 18.2 Å². The number of nitrogens with zero attached hydrogens (tertiary/aromatic N) is 2. The lowest BCUT2D eigenvalue weighted by Gasteiger charge is -2.19. The Morgan fingerprint density at radius 3 is 2.90 bits per heavy atom. The van der Waals surface area contributed by atoms with Crippen LogP contribution in [0, 0.1) is 0 Å². The Bertz CT molecular complexity index is 683. The quantitative estimate of drug-likeness (QED) is 0.876. The van der Waals surface area contributed by atoms with Crippen molar-refractivity contribution in [2.24, 2.45) is 0 Å². The Labute approximate surface area is 124 Å². The molecule has 0 atom stereocenters. The number of benzene rings is 1. The van der Waals surface area contributed by atoms with E-state index in [0.29, 0.717) is 5.75 Å². The van der Waals surface area contributed by atoms with Crippen LogP contribution in [0.3, 0.4) is 0 Å². The second kappa shape index (κ2) is 5.06. The first-order valence-electron chi connectivity index (χ1n) is 7.42. The van der Waals surface area contributed by atoms with Crippen molar-refractivity contribution in [3.63, 3.8) is 0 Å². The molecular weight excluding hydrogens is 266 g/mol. The molecule has 1 aliphatic heterocycles. The number of amides is 1. The molecule has 0 unspecified atom stereocenters. The molecule has 0 saturated carbocycles. The number of nitrogens with one attached hydrogen (secondary N) is 1. The lowest BCUT2D eigenvalue weighted by atomic mass is 10.1. The van der Waals surface area contributed by atoms with E-state index >= 15 is 0 Å². The van der Waals surface area contributed by atoms with Crippen molar-refractivity contribution in [1.82, 2.24) is 14.9 Å². The van der Waals surface area contributed by atoms with Crippen LogP contribution in [0.4, 0.5) is 4.79 Å². The van der Waals surface area contributed by atoms with Gasteiger partial charge in [-0.3, -0.25) is 0 Å². The first kappa shape index (κ1) is 13.9. The number of para-hydroxylation sites is 1. The van der Waals surface area contributed by atoms with Gasteiger partial charge in [-0.2, -0.15) is 0 Å². The number of ether oxygens (including phenoxy) is 1. The second-order valence-electron chi connectivity index (χ2n) is 6.53. The van der Waals surface area contributed by atoms with E-state index in [1.54, 1.807) is 6.07 Å². The zero-order valence-corrected chi connectivity index (χ0v) is 12.8. The molecule has 0 bridgehead atoms. The minimum absolute atomic E-state index is 0.321. The molecule has 2 heterocycles. The van der Waals surface area contributed by atoms with Crippen molar-refractivity contribution >= 4 is 17.1 Å². The highest BCUT2D eigenvalue weighted by molar-refractivity contribution is 5.85. The second-order valence-corrected chi connectivity index (χ2v) is 6.53. The maximum absolute atomic E-state index is 11.9. The molecule has 0 saturated heterocycles. The largest absolute Gasteiger partial charge is 0.413 e. The van der Waals surface area contributed by atoms with Gasteiger partial charge in [0, 0.05) is 18.5 Å². The average molecular weight is 287 g/mol. The molecule has 1 aromatic carbocycles. The molecule has 1 amide bonds. The Morgan fingerprint density at radius 1 is 1.33 bits per heavy atom. The van der Waals surface area contributed by atoms with E-state index in [-0.39, 0.29) is 5.54 Å². The van der Waals surface area contributed by atoms with Crippen LogP contribution >= 0.6 is 0 Å². The highest BCUT2D eigenvalue weighted by atomic mass is 16.6. The lowest BCUT2D eigenvalue weighted by molar-refractivity contribution is 0.191. The number of aromatic nitrogens is 2. The molecule has 1 aliphatic rings. The molecule has 2 aromatic rings. The first-order valence-corrected chi connectivity index (χ1v) is 7.42. The maximum Gasteiger partial charge on any atom is 0.413 e. The SMILES string of the molecule is CC(C)(C)NC(=O)Oc1cccc2c1nc1n2CCCC1.